The molecule has 4 saturated carbocycles. The van der Waals surface area contributed by atoms with Gasteiger partial charge in [0.25, 0.3) is 0 Å². The smallest absolute Gasteiger partial charge is 0.230 e. The fourth-order valence-corrected chi connectivity index (χ4v) is 6.19. The highest BCUT2D eigenvalue weighted by molar-refractivity contribution is 5.99. The van der Waals surface area contributed by atoms with E-state index in [1.54, 1.807) is 24.8 Å². The summed E-state index contributed by atoms with van der Waals surface area (Å²) in [6.07, 6.45) is 12.0. The molecule has 6 heteroatoms. The Bertz CT molecular complexity index is 814. The third-order valence-corrected chi connectivity index (χ3v) is 6.86. The quantitative estimate of drug-likeness (QED) is 0.853. The second kappa shape index (κ2) is 6.40. The Morgan fingerprint density at radius 3 is 1.68 bits per heavy atom. The molecule has 6 nitrogen and oxygen atoms in total. The second-order valence-corrected chi connectivity index (χ2v) is 8.91. The van der Waals surface area contributed by atoms with E-state index in [1.807, 2.05) is 24.3 Å². The van der Waals surface area contributed by atoms with Gasteiger partial charge in [-0.15, -0.1) is 0 Å². The Labute approximate surface area is 164 Å². The molecule has 0 atom stereocenters. The van der Waals surface area contributed by atoms with Gasteiger partial charge in [0.2, 0.25) is 11.8 Å². The van der Waals surface area contributed by atoms with Crippen molar-refractivity contribution in [1.82, 2.24) is 9.97 Å². The lowest BCUT2D eigenvalue weighted by Gasteiger charge is -2.60. The molecule has 0 spiro atoms. The second-order valence-electron chi connectivity index (χ2n) is 8.91. The van der Waals surface area contributed by atoms with Gasteiger partial charge in [-0.1, -0.05) is 0 Å². The first-order chi connectivity index (χ1) is 13.6. The summed E-state index contributed by atoms with van der Waals surface area (Å²) in [5.41, 5.74) is 0.535. The third-order valence-electron chi connectivity index (χ3n) is 6.86. The number of pyridine rings is 2. The number of hydrogen-bond donors (Lipinski definition) is 2. The summed E-state index contributed by atoms with van der Waals surface area (Å²) in [5, 5.41) is 6.12. The van der Waals surface area contributed by atoms with Crippen molar-refractivity contribution in [2.24, 2.45) is 22.7 Å². The predicted molar refractivity (Wildman–Crippen MR) is 105 cm³/mol. The molecule has 28 heavy (non-hydrogen) atoms. The molecule has 0 aromatic carbocycles. The van der Waals surface area contributed by atoms with Crippen molar-refractivity contribution in [3.05, 3.63) is 49.1 Å². The van der Waals surface area contributed by atoms with Gasteiger partial charge >= 0.3 is 0 Å². The molecule has 4 aliphatic carbocycles. The number of carbonyl (C=O) groups excluding carboxylic acids is 2. The molecule has 144 valence electrons. The zero-order chi connectivity index (χ0) is 19.2. The molecule has 2 heterocycles. The van der Waals surface area contributed by atoms with Gasteiger partial charge in [0.05, 0.1) is 34.6 Å². The SMILES string of the molecule is O=C(Nc1cccnc1)C12CC3CC(C1)CC(C(=O)Nc1cccnc1)(C3)C2. The highest BCUT2D eigenvalue weighted by Crippen LogP contribution is 2.65. The molecule has 0 unspecified atom stereocenters. The van der Waals surface area contributed by atoms with Crippen LogP contribution in [0.1, 0.15) is 38.5 Å². The van der Waals surface area contributed by atoms with Crippen molar-refractivity contribution in [2.75, 3.05) is 10.6 Å². The van der Waals surface area contributed by atoms with E-state index in [2.05, 4.69) is 20.6 Å². The largest absolute Gasteiger partial charge is 0.324 e. The minimum atomic E-state index is -0.452. The molecule has 2 amide bonds. The van der Waals surface area contributed by atoms with E-state index in [-0.39, 0.29) is 11.8 Å². The van der Waals surface area contributed by atoms with E-state index in [0.29, 0.717) is 18.3 Å². The van der Waals surface area contributed by atoms with Gasteiger partial charge in [-0.05, 0) is 74.6 Å². The summed E-state index contributed by atoms with van der Waals surface area (Å²) in [5.74, 6) is 0.988. The standard InChI is InChI=1S/C22H24N4O2/c27-19(25-17-3-1-5-23-12-17)21-8-15-7-16(9-21)11-22(10-15,14-21)20(28)26-18-4-2-6-24-13-18/h1-6,12-13,15-16H,7-11,14H2,(H,25,27)(H,26,28). The monoisotopic (exact) mass is 376 g/mol. The molecule has 0 aliphatic heterocycles. The van der Waals surface area contributed by atoms with Crippen LogP contribution in [-0.4, -0.2) is 21.8 Å². The van der Waals surface area contributed by atoms with Crippen molar-refractivity contribution in [3.8, 4) is 0 Å². The Hall–Kier alpha value is -2.76. The number of nitrogens with one attached hydrogen (secondary N) is 2. The van der Waals surface area contributed by atoms with Crippen LogP contribution in [-0.2, 0) is 9.59 Å². The Balaban J connectivity index is 1.41. The summed E-state index contributed by atoms with van der Waals surface area (Å²) in [6, 6.07) is 7.35. The molecular formula is C22H24N4O2. The maximum atomic E-state index is 13.3. The van der Waals surface area contributed by atoms with Gasteiger partial charge in [0.15, 0.2) is 0 Å². The molecule has 0 saturated heterocycles. The minimum absolute atomic E-state index is 0.0492. The summed E-state index contributed by atoms with van der Waals surface area (Å²) in [4.78, 5) is 34.8. The first-order valence-electron chi connectivity index (χ1n) is 10.00. The van der Waals surface area contributed by atoms with Gasteiger partial charge in [0, 0.05) is 12.4 Å². The predicted octanol–water partition coefficient (Wildman–Crippen LogP) is 3.64. The van der Waals surface area contributed by atoms with Crippen molar-refractivity contribution in [2.45, 2.75) is 38.5 Å². The molecule has 2 aromatic rings. The van der Waals surface area contributed by atoms with Gasteiger partial charge in [-0.25, -0.2) is 0 Å². The Kier molecular flexibility index (Phi) is 3.96. The molecule has 2 aromatic heterocycles. The summed E-state index contributed by atoms with van der Waals surface area (Å²) >= 11 is 0. The van der Waals surface area contributed by atoms with Crippen LogP contribution in [0.25, 0.3) is 0 Å². The van der Waals surface area contributed by atoms with Crippen molar-refractivity contribution in [3.63, 3.8) is 0 Å². The fraction of sp³-hybridized carbons (Fsp3) is 0.455. The van der Waals surface area contributed by atoms with Crippen LogP contribution in [0.15, 0.2) is 49.1 Å². The molecule has 6 rings (SSSR count). The fourth-order valence-electron chi connectivity index (χ4n) is 6.19. The van der Waals surface area contributed by atoms with Crippen LogP contribution in [0, 0.1) is 22.7 Å². The maximum Gasteiger partial charge on any atom is 0.230 e. The van der Waals surface area contributed by atoms with E-state index in [1.165, 1.54) is 0 Å². The van der Waals surface area contributed by atoms with E-state index in [0.717, 1.165) is 43.5 Å². The van der Waals surface area contributed by atoms with Gasteiger partial charge in [-0.2, -0.15) is 0 Å². The number of nitrogens with zero attached hydrogens (tertiary/aromatic N) is 2. The van der Waals surface area contributed by atoms with Crippen molar-refractivity contribution >= 4 is 23.2 Å². The van der Waals surface area contributed by atoms with Crippen LogP contribution in [0.5, 0.6) is 0 Å². The summed E-state index contributed by atoms with van der Waals surface area (Å²) < 4.78 is 0. The minimum Gasteiger partial charge on any atom is -0.324 e. The number of carbonyl (C=O) groups is 2. The molecule has 0 radical (unpaired) electrons. The lowest BCUT2D eigenvalue weighted by molar-refractivity contribution is -0.161. The normalized spacial score (nSPS) is 32.7. The summed E-state index contributed by atoms with van der Waals surface area (Å²) in [7, 11) is 0. The van der Waals surface area contributed by atoms with Crippen LogP contribution < -0.4 is 10.6 Å². The van der Waals surface area contributed by atoms with Gasteiger partial charge < -0.3 is 10.6 Å². The number of amides is 2. The zero-order valence-corrected chi connectivity index (χ0v) is 15.7. The van der Waals surface area contributed by atoms with Gasteiger partial charge in [-0.3, -0.25) is 19.6 Å². The first-order valence-corrected chi connectivity index (χ1v) is 10.00. The lowest BCUT2D eigenvalue weighted by atomic mass is 9.43. The van der Waals surface area contributed by atoms with Gasteiger partial charge in [0.1, 0.15) is 0 Å². The topological polar surface area (TPSA) is 84.0 Å². The molecule has 4 fully saturated rings. The first kappa shape index (κ1) is 17.3. The van der Waals surface area contributed by atoms with Crippen molar-refractivity contribution in [1.29, 1.82) is 0 Å². The third kappa shape index (κ3) is 2.87. The number of rotatable bonds is 4. The number of aromatic nitrogens is 2. The Morgan fingerprint density at radius 2 is 1.29 bits per heavy atom. The van der Waals surface area contributed by atoms with E-state index in [9.17, 15) is 9.59 Å². The maximum absolute atomic E-state index is 13.3. The number of anilines is 2. The highest BCUT2D eigenvalue weighted by atomic mass is 16.2. The van der Waals surface area contributed by atoms with Crippen LogP contribution >= 0.6 is 0 Å². The van der Waals surface area contributed by atoms with E-state index < -0.39 is 10.8 Å². The molecule has 2 N–H and O–H groups in total. The van der Waals surface area contributed by atoms with Crippen molar-refractivity contribution < 1.29 is 9.59 Å². The molecule has 4 bridgehead atoms. The average Bonchev–Trinajstić information content (AvgIpc) is 2.68. The average molecular weight is 376 g/mol. The van der Waals surface area contributed by atoms with Crippen LogP contribution in [0.3, 0.4) is 0 Å². The van der Waals surface area contributed by atoms with Crippen LogP contribution in [0.2, 0.25) is 0 Å². The summed E-state index contributed by atoms with van der Waals surface area (Å²) in [6.45, 7) is 0. The molecule has 4 aliphatic rings. The zero-order valence-electron chi connectivity index (χ0n) is 15.7. The lowest BCUT2D eigenvalue weighted by Crippen LogP contribution is -2.59. The number of hydrogen-bond acceptors (Lipinski definition) is 4. The van der Waals surface area contributed by atoms with E-state index >= 15 is 0 Å². The highest BCUT2D eigenvalue weighted by Gasteiger charge is 2.63. The van der Waals surface area contributed by atoms with Crippen LogP contribution in [0.4, 0.5) is 11.4 Å². The Morgan fingerprint density at radius 1 is 0.821 bits per heavy atom. The van der Waals surface area contributed by atoms with E-state index in [4.69, 9.17) is 0 Å². The molecular weight excluding hydrogens is 352 g/mol.